The first-order valence-electron chi connectivity index (χ1n) is 10.5. The van der Waals surface area contributed by atoms with Gasteiger partial charge in [-0.25, -0.2) is 0 Å². The summed E-state index contributed by atoms with van der Waals surface area (Å²) in [4.78, 5) is 36.1. The molecule has 30 heavy (non-hydrogen) atoms. The van der Waals surface area contributed by atoms with Crippen molar-refractivity contribution in [3.05, 3.63) is 64.7 Å². The number of unbranched alkanes of at least 4 members (excludes halogenated alkanes) is 2. The number of esters is 1. The van der Waals surface area contributed by atoms with Gasteiger partial charge in [0.2, 0.25) is 0 Å². The number of amides is 1. The summed E-state index contributed by atoms with van der Waals surface area (Å²) >= 11 is 0. The predicted octanol–water partition coefficient (Wildman–Crippen LogP) is 5.18. The lowest BCUT2D eigenvalue weighted by Crippen LogP contribution is -2.21. The van der Waals surface area contributed by atoms with Crippen molar-refractivity contribution in [3.8, 4) is 0 Å². The van der Waals surface area contributed by atoms with Crippen molar-refractivity contribution in [1.82, 2.24) is 0 Å². The number of benzene rings is 2. The van der Waals surface area contributed by atoms with E-state index >= 15 is 0 Å². The number of carbonyl (C=O) groups excluding carboxylic acids is 3. The van der Waals surface area contributed by atoms with E-state index < -0.39 is 11.9 Å². The van der Waals surface area contributed by atoms with Crippen LogP contribution in [0.4, 0.5) is 5.69 Å². The van der Waals surface area contributed by atoms with E-state index in [0.717, 1.165) is 24.0 Å². The lowest BCUT2D eigenvalue weighted by Gasteiger charge is -2.08. The molecule has 0 bridgehead atoms. The SMILES string of the molecule is CCCCCc1ccc(C(=O)CCC(=O)OCC(=O)Nc2cc(C)cc(C)c2)cc1. The van der Waals surface area contributed by atoms with Gasteiger partial charge < -0.3 is 10.1 Å². The number of ether oxygens (including phenoxy) is 1. The zero-order chi connectivity index (χ0) is 21.9. The number of hydrogen-bond acceptors (Lipinski definition) is 4. The van der Waals surface area contributed by atoms with Gasteiger partial charge in [-0.05, 0) is 55.5 Å². The van der Waals surface area contributed by atoms with Crippen LogP contribution in [0.1, 0.15) is 66.1 Å². The molecule has 0 fully saturated rings. The zero-order valence-corrected chi connectivity index (χ0v) is 18.1. The fourth-order valence-corrected chi connectivity index (χ4v) is 3.26. The largest absolute Gasteiger partial charge is 0.456 e. The number of rotatable bonds is 11. The highest BCUT2D eigenvalue weighted by Gasteiger charge is 2.12. The number of ketones is 1. The second kappa shape index (κ2) is 11.9. The molecule has 0 aromatic heterocycles. The third kappa shape index (κ3) is 8.19. The molecule has 0 aliphatic carbocycles. The zero-order valence-electron chi connectivity index (χ0n) is 18.1. The van der Waals surface area contributed by atoms with Crippen LogP contribution in [0.5, 0.6) is 0 Å². The summed E-state index contributed by atoms with van der Waals surface area (Å²) in [6, 6.07) is 13.3. The number of carbonyl (C=O) groups is 3. The molecule has 0 aliphatic rings. The second-order valence-corrected chi connectivity index (χ2v) is 7.66. The summed E-state index contributed by atoms with van der Waals surface area (Å²) in [6.45, 7) is 5.69. The van der Waals surface area contributed by atoms with Crippen molar-refractivity contribution >= 4 is 23.3 Å². The van der Waals surface area contributed by atoms with Gasteiger partial charge in [-0.3, -0.25) is 14.4 Å². The molecular formula is C25H31NO4. The quantitative estimate of drug-likeness (QED) is 0.315. The smallest absolute Gasteiger partial charge is 0.306 e. The molecule has 0 saturated carbocycles. The minimum atomic E-state index is -0.560. The summed E-state index contributed by atoms with van der Waals surface area (Å²) < 4.78 is 4.99. The normalized spacial score (nSPS) is 10.5. The highest BCUT2D eigenvalue weighted by Crippen LogP contribution is 2.14. The van der Waals surface area contributed by atoms with Gasteiger partial charge in [0.25, 0.3) is 5.91 Å². The van der Waals surface area contributed by atoms with Crippen LogP contribution in [-0.2, 0) is 20.7 Å². The summed E-state index contributed by atoms with van der Waals surface area (Å²) in [6.07, 6.45) is 4.55. The highest BCUT2D eigenvalue weighted by atomic mass is 16.5. The van der Waals surface area contributed by atoms with Crippen LogP contribution in [0.15, 0.2) is 42.5 Å². The molecular weight excluding hydrogens is 378 g/mol. The van der Waals surface area contributed by atoms with Gasteiger partial charge in [0.05, 0.1) is 6.42 Å². The summed E-state index contributed by atoms with van der Waals surface area (Å²) in [5, 5.41) is 2.71. The molecule has 5 heteroatoms. The van der Waals surface area contributed by atoms with Crippen molar-refractivity contribution in [1.29, 1.82) is 0 Å². The monoisotopic (exact) mass is 409 g/mol. The molecule has 2 aromatic carbocycles. The molecule has 2 rings (SSSR count). The van der Waals surface area contributed by atoms with E-state index in [-0.39, 0.29) is 25.2 Å². The Morgan fingerprint density at radius 1 is 0.900 bits per heavy atom. The topological polar surface area (TPSA) is 72.5 Å². The van der Waals surface area contributed by atoms with Crippen molar-refractivity contribution in [2.24, 2.45) is 0 Å². The van der Waals surface area contributed by atoms with Crippen molar-refractivity contribution in [2.75, 3.05) is 11.9 Å². The maximum absolute atomic E-state index is 12.3. The van der Waals surface area contributed by atoms with Gasteiger partial charge in [0.1, 0.15) is 0 Å². The molecule has 0 spiro atoms. The van der Waals surface area contributed by atoms with Gasteiger partial charge in [-0.1, -0.05) is 50.1 Å². The van der Waals surface area contributed by atoms with Crippen LogP contribution in [0.25, 0.3) is 0 Å². The molecule has 0 atom stereocenters. The van der Waals surface area contributed by atoms with E-state index in [1.807, 2.05) is 56.3 Å². The Kier molecular flexibility index (Phi) is 9.26. The lowest BCUT2D eigenvalue weighted by atomic mass is 10.0. The molecule has 5 nitrogen and oxygen atoms in total. The number of aryl methyl sites for hydroxylation is 3. The second-order valence-electron chi connectivity index (χ2n) is 7.66. The van der Waals surface area contributed by atoms with Gasteiger partial charge in [-0.15, -0.1) is 0 Å². The Labute approximate surface area is 178 Å². The van der Waals surface area contributed by atoms with Crippen LogP contribution < -0.4 is 5.32 Å². The first kappa shape index (κ1) is 23.3. The van der Waals surface area contributed by atoms with Crippen molar-refractivity contribution in [2.45, 2.75) is 59.3 Å². The average molecular weight is 410 g/mol. The number of nitrogens with one attached hydrogen (secondary N) is 1. The summed E-state index contributed by atoms with van der Waals surface area (Å²) in [5.74, 6) is -1.07. The summed E-state index contributed by atoms with van der Waals surface area (Å²) in [7, 11) is 0. The lowest BCUT2D eigenvalue weighted by molar-refractivity contribution is -0.147. The highest BCUT2D eigenvalue weighted by molar-refractivity contribution is 5.98. The molecule has 0 radical (unpaired) electrons. The molecule has 0 aliphatic heterocycles. The first-order chi connectivity index (χ1) is 14.4. The maximum Gasteiger partial charge on any atom is 0.306 e. The Balaban J connectivity index is 1.72. The number of hydrogen-bond donors (Lipinski definition) is 1. The van der Waals surface area contributed by atoms with Gasteiger partial charge in [0, 0.05) is 17.7 Å². The third-order valence-electron chi connectivity index (χ3n) is 4.77. The minimum absolute atomic E-state index is 0.0477. The van der Waals surface area contributed by atoms with E-state index in [9.17, 15) is 14.4 Å². The van der Waals surface area contributed by atoms with Crippen LogP contribution in [0, 0.1) is 13.8 Å². The Bertz CT molecular complexity index is 851. The van der Waals surface area contributed by atoms with E-state index in [2.05, 4.69) is 12.2 Å². The Hall–Kier alpha value is -2.95. The van der Waals surface area contributed by atoms with Gasteiger partial charge in [-0.2, -0.15) is 0 Å². The van der Waals surface area contributed by atoms with Crippen LogP contribution in [0.2, 0.25) is 0 Å². The van der Waals surface area contributed by atoms with Crippen LogP contribution >= 0.6 is 0 Å². The third-order valence-corrected chi connectivity index (χ3v) is 4.77. The predicted molar refractivity (Wildman–Crippen MR) is 119 cm³/mol. The molecule has 0 unspecified atom stereocenters. The Morgan fingerprint density at radius 2 is 1.57 bits per heavy atom. The van der Waals surface area contributed by atoms with Crippen LogP contribution in [0.3, 0.4) is 0 Å². The number of Topliss-reactive ketones (excluding diaryl/α,β-unsaturated/α-hetero) is 1. The van der Waals surface area contributed by atoms with Crippen molar-refractivity contribution < 1.29 is 19.1 Å². The van der Waals surface area contributed by atoms with E-state index in [0.29, 0.717) is 11.3 Å². The molecule has 1 N–H and O–H groups in total. The summed E-state index contributed by atoms with van der Waals surface area (Å²) in [5.41, 5.74) is 4.55. The molecule has 160 valence electrons. The molecule has 2 aromatic rings. The van der Waals surface area contributed by atoms with E-state index in [1.165, 1.54) is 18.4 Å². The first-order valence-corrected chi connectivity index (χ1v) is 10.5. The maximum atomic E-state index is 12.3. The van der Waals surface area contributed by atoms with Gasteiger partial charge >= 0.3 is 5.97 Å². The van der Waals surface area contributed by atoms with E-state index in [1.54, 1.807) is 0 Å². The average Bonchev–Trinajstić information content (AvgIpc) is 2.70. The molecule has 0 heterocycles. The fraction of sp³-hybridized carbons (Fsp3) is 0.400. The molecule has 0 saturated heterocycles. The van der Waals surface area contributed by atoms with Crippen LogP contribution in [-0.4, -0.2) is 24.3 Å². The number of anilines is 1. The minimum Gasteiger partial charge on any atom is -0.456 e. The molecule has 1 amide bonds. The van der Waals surface area contributed by atoms with Gasteiger partial charge in [0.15, 0.2) is 12.4 Å². The Morgan fingerprint density at radius 3 is 2.20 bits per heavy atom. The van der Waals surface area contributed by atoms with E-state index in [4.69, 9.17) is 4.74 Å². The fourth-order valence-electron chi connectivity index (χ4n) is 3.26. The standard InChI is InChI=1S/C25H31NO4/c1-4-5-6-7-20-8-10-21(11-9-20)23(27)12-13-25(29)30-17-24(28)26-22-15-18(2)14-19(3)16-22/h8-11,14-16H,4-7,12-13,17H2,1-3H3,(H,26,28). The van der Waals surface area contributed by atoms with Crippen molar-refractivity contribution in [3.63, 3.8) is 0 Å².